The lowest BCUT2D eigenvalue weighted by Crippen LogP contribution is -2.44. The topological polar surface area (TPSA) is 90.0 Å². The van der Waals surface area contributed by atoms with Crippen LogP contribution in [0.15, 0.2) is 0 Å². The monoisotopic (exact) mass is 271 g/mol. The van der Waals surface area contributed by atoms with E-state index in [1.165, 1.54) is 0 Å². The number of hydroxylamine groups is 2. The smallest absolute Gasteiger partial charge is 0.345 e. The maximum atomic E-state index is 12.6. The van der Waals surface area contributed by atoms with E-state index in [0.717, 1.165) is 4.90 Å². The van der Waals surface area contributed by atoms with Gasteiger partial charge in [0.2, 0.25) is 10.4 Å². The number of carbonyl (C=O) groups excluding carboxylic acids is 1. The molecule has 0 aromatic rings. The Morgan fingerprint density at radius 1 is 1.41 bits per heavy atom. The molecule has 2 atom stereocenters. The Kier molecular flexibility index (Phi) is 2.96. The van der Waals surface area contributed by atoms with Crippen molar-refractivity contribution in [2.45, 2.75) is 31.4 Å². The summed E-state index contributed by atoms with van der Waals surface area (Å²) >= 11 is 0. The summed E-state index contributed by atoms with van der Waals surface area (Å²) < 4.78 is 60.3. The first-order chi connectivity index (χ1) is 7.79. The second-order valence-electron chi connectivity index (χ2n) is 3.88. The Balaban J connectivity index is 2.17. The highest BCUT2D eigenvalue weighted by Gasteiger charge is 2.49. The molecule has 0 radical (unpaired) electrons. The molecule has 0 N–H and O–H groups in total. The van der Waals surface area contributed by atoms with Crippen LogP contribution in [-0.4, -0.2) is 54.0 Å². The van der Waals surface area contributed by atoms with Crippen LogP contribution in [0.2, 0.25) is 0 Å². The number of hydrogen-bond donors (Lipinski definition) is 0. The maximum Gasteiger partial charge on any atom is 0.345 e. The van der Waals surface area contributed by atoms with E-state index >= 15 is 0 Å². The zero-order valence-corrected chi connectivity index (χ0v) is 9.27. The number of urea groups is 1. The van der Waals surface area contributed by atoms with Gasteiger partial charge in [-0.2, -0.15) is 9.35 Å². The minimum Gasteiger partial charge on any atom is -0.724 e. The van der Waals surface area contributed by atoms with E-state index in [1.807, 2.05) is 0 Å². The molecule has 17 heavy (non-hydrogen) atoms. The van der Waals surface area contributed by atoms with Crippen molar-refractivity contribution in [3.05, 3.63) is 0 Å². The predicted octanol–water partition coefficient (Wildman–Crippen LogP) is -0.0881. The van der Waals surface area contributed by atoms with Crippen LogP contribution in [0.4, 0.5) is 13.6 Å². The van der Waals surface area contributed by atoms with Gasteiger partial charge in [-0.25, -0.2) is 22.0 Å². The summed E-state index contributed by atoms with van der Waals surface area (Å²) in [5, 5.41) is 0.380. The molecule has 0 saturated carbocycles. The van der Waals surface area contributed by atoms with Crippen molar-refractivity contribution in [2.24, 2.45) is 0 Å². The van der Waals surface area contributed by atoms with Crippen molar-refractivity contribution in [3.8, 4) is 0 Å². The fraction of sp³-hybridized carbons (Fsp3) is 0.857. The Morgan fingerprint density at radius 3 is 2.59 bits per heavy atom. The summed E-state index contributed by atoms with van der Waals surface area (Å²) in [5.41, 5.74) is 0. The fourth-order valence-electron chi connectivity index (χ4n) is 2.12. The Morgan fingerprint density at radius 2 is 2.06 bits per heavy atom. The largest absolute Gasteiger partial charge is 0.724 e. The molecule has 0 aromatic heterocycles. The van der Waals surface area contributed by atoms with E-state index in [0.29, 0.717) is 5.06 Å². The lowest BCUT2D eigenvalue weighted by Gasteiger charge is -2.29. The highest BCUT2D eigenvalue weighted by atomic mass is 32.3. The number of rotatable bonds is 3. The highest BCUT2D eigenvalue weighted by Crippen LogP contribution is 2.32. The van der Waals surface area contributed by atoms with Gasteiger partial charge in [-0.3, -0.25) is 0 Å². The standard InChI is InChI=1S/C7H10F2N2O5S/c8-6(9)5-2-1-4-3-10(5)7(12)11(4)16-17(13,14)15/h4-6H,1-3H2,(H,13,14,15)/p-1/t4-,5+/m1/s1. The van der Waals surface area contributed by atoms with Gasteiger partial charge in [-0.15, -0.1) is 0 Å². The SMILES string of the molecule is O=C1N2C[C@@H](CC[C@H]2C(F)F)N1OS(=O)(=O)[O-]. The molecule has 2 heterocycles. The quantitative estimate of drug-likeness (QED) is 0.528. The number of alkyl halides is 2. The molecule has 98 valence electrons. The fourth-order valence-corrected chi connectivity index (χ4v) is 2.50. The number of nitrogens with zero attached hydrogens (tertiary/aromatic N) is 2. The molecule has 7 nitrogen and oxygen atoms in total. The number of piperidine rings is 1. The highest BCUT2D eigenvalue weighted by molar-refractivity contribution is 7.80. The Bertz CT molecular complexity index is 428. The molecular formula is C7H9F2N2O5S-. The Labute approximate surface area is 95.8 Å². The molecule has 2 rings (SSSR count). The van der Waals surface area contributed by atoms with Crippen LogP contribution in [0.5, 0.6) is 0 Å². The molecule has 0 aromatic carbocycles. The van der Waals surface area contributed by atoms with Gasteiger partial charge in [0, 0.05) is 6.54 Å². The van der Waals surface area contributed by atoms with Crippen LogP contribution in [0.3, 0.4) is 0 Å². The second-order valence-corrected chi connectivity index (χ2v) is 4.84. The van der Waals surface area contributed by atoms with Gasteiger partial charge in [0.25, 0.3) is 6.43 Å². The van der Waals surface area contributed by atoms with Gasteiger partial charge in [-0.05, 0) is 12.8 Å². The molecule has 2 fully saturated rings. The molecular weight excluding hydrogens is 262 g/mol. The number of halogens is 2. The van der Waals surface area contributed by atoms with E-state index in [2.05, 4.69) is 4.28 Å². The number of hydrogen-bond acceptors (Lipinski definition) is 5. The van der Waals surface area contributed by atoms with Gasteiger partial charge in [0.05, 0.1) is 12.1 Å². The molecule has 2 aliphatic rings. The first kappa shape index (κ1) is 12.5. The lowest BCUT2D eigenvalue weighted by molar-refractivity contribution is -0.0332. The molecule has 2 saturated heterocycles. The van der Waals surface area contributed by atoms with Crippen molar-refractivity contribution < 1.29 is 30.8 Å². The summed E-state index contributed by atoms with van der Waals surface area (Å²) in [5.74, 6) is 0. The number of carbonyl (C=O) groups is 1. The maximum absolute atomic E-state index is 12.6. The zero-order valence-electron chi connectivity index (χ0n) is 8.45. The summed E-state index contributed by atoms with van der Waals surface area (Å²) in [6, 6.07) is -2.92. The van der Waals surface area contributed by atoms with Gasteiger partial charge in [0.15, 0.2) is 0 Å². The van der Waals surface area contributed by atoms with Crippen LogP contribution >= 0.6 is 0 Å². The number of amides is 2. The minimum atomic E-state index is -5.08. The van der Waals surface area contributed by atoms with E-state index in [9.17, 15) is 26.5 Å². The molecule has 10 heteroatoms. The average Bonchev–Trinajstić information content (AvgIpc) is 2.42. The zero-order chi connectivity index (χ0) is 12.8. The summed E-state index contributed by atoms with van der Waals surface area (Å²) in [7, 11) is -5.08. The van der Waals surface area contributed by atoms with Crippen molar-refractivity contribution in [1.29, 1.82) is 0 Å². The normalized spacial score (nSPS) is 29.3. The molecule has 2 aliphatic heterocycles. The van der Waals surface area contributed by atoms with Crippen LogP contribution in [0, 0.1) is 0 Å². The van der Waals surface area contributed by atoms with Gasteiger partial charge in [-0.1, -0.05) is 0 Å². The van der Waals surface area contributed by atoms with E-state index in [1.54, 1.807) is 0 Å². The number of fused-ring (bicyclic) bond motifs is 2. The van der Waals surface area contributed by atoms with Gasteiger partial charge >= 0.3 is 6.03 Å². The van der Waals surface area contributed by atoms with Gasteiger partial charge in [0.1, 0.15) is 0 Å². The average molecular weight is 271 g/mol. The molecule has 2 amide bonds. The third kappa shape index (κ3) is 2.33. The van der Waals surface area contributed by atoms with Crippen LogP contribution < -0.4 is 0 Å². The van der Waals surface area contributed by atoms with Crippen LogP contribution in [-0.2, 0) is 14.7 Å². The van der Waals surface area contributed by atoms with Crippen molar-refractivity contribution in [2.75, 3.05) is 6.54 Å². The third-order valence-corrected chi connectivity index (χ3v) is 3.17. The first-order valence-corrected chi connectivity index (χ1v) is 6.16. The summed E-state index contributed by atoms with van der Waals surface area (Å²) in [4.78, 5) is 12.4. The summed E-state index contributed by atoms with van der Waals surface area (Å²) in [6.45, 7) is -0.0522. The predicted molar refractivity (Wildman–Crippen MR) is 47.5 cm³/mol. The third-order valence-electron chi connectivity index (χ3n) is 2.83. The molecule has 0 spiro atoms. The molecule has 2 bridgehead atoms. The minimum absolute atomic E-state index is 0.0485. The van der Waals surface area contributed by atoms with E-state index in [-0.39, 0.29) is 19.4 Å². The van der Waals surface area contributed by atoms with Crippen LogP contribution in [0.25, 0.3) is 0 Å². The van der Waals surface area contributed by atoms with Crippen LogP contribution in [0.1, 0.15) is 12.8 Å². The van der Waals surface area contributed by atoms with Gasteiger partial charge < -0.3 is 9.45 Å². The molecule has 0 unspecified atom stereocenters. The Hall–Kier alpha value is -1.00. The van der Waals surface area contributed by atoms with Crippen molar-refractivity contribution in [1.82, 2.24) is 9.96 Å². The lowest BCUT2D eigenvalue weighted by atomic mass is 10.0. The second kappa shape index (κ2) is 4.03. The first-order valence-electron chi connectivity index (χ1n) is 4.83. The summed E-state index contributed by atoms with van der Waals surface area (Å²) in [6.07, 6.45) is -2.48. The van der Waals surface area contributed by atoms with Crippen molar-refractivity contribution in [3.63, 3.8) is 0 Å². The van der Waals surface area contributed by atoms with E-state index in [4.69, 9.17) is 0 Å². The van der Waals surface area contributed by atoms with Crippen molar-refractivity contribution >= 4 is 16.4 Å². The molecule has 0 aliphatic carbocycles. The van der Waals surface area contributed by atoms with E-state index < -0.39 is 34.9 Å².